The van der Waals surface area contributed by atoms with Crippen LogP contribution in [0.3, 0.4) is 0 Å². The van der Waals surface area contributed by atoms with Crippen LogP contribution in [-0.4, -0.2) is 118 Å². The van der Waals surface area contributed by atoms with Gasteiger partial charge in [-0.05, 0) is 63.9 Å². The van der Waals surface area contributed by atoms with E-state index in [1.807, 2.05) is 6.07 Å². The van der Waals surface area contributed by atoms with Crippen LogP contribution in [0.4, 0.5) is 11.4 Å². The van der Waals surface area contributed by atoms with Crippen LogP contribution in [0.5, 0.6) is 5.75 Å². The first-order chi connectivity index (χ1) is 23.6. The maximum absolute atomic E-state index is 14.2. The second kappa shape index (κ2) is 12.7. The van der Waals surface area contributed by atoms with Gasteiger partial charge in [0, 0.05) is 36.8 Å². The van der Waals surface area contributed by atoms with Crippen LogP contribution in [0, 0.1) is 11.8 Å². The first kappa shape index (κ1) is 34.8. The third-order valence-corrected chi connectivity index (χ3v) is 10.5. The number of phenolic OH excluding ortho intramolecular Hbond substituents is 1. The summed E-state index contributed by atoms with van der Waals surface area (Å²) in [6.07, 6.45) is 1.21. The number of primary amides is 1. The summed E-state index contributed by atoms with van der Waals surface area (Å²) in [4.78, 5) is 71.4. The highest BCUT2D eigenvalue weighted by molar-refractivity contribution is 6.24. The lowest BCUT2D eigenvalue weighted by Crippen LogP contribution is -2.65. The molecule has 6 rings (SSSR count). The molecule has 3 aliphatic carbocycles. The minimum absolute atomic E-state index is 0.0283. The average Bonchev–Trinajstić information content (AvgIpc) is 3.52. The molecule has 2 aromatic rings. The lowest BCUT2D eigenvalue weighted by molar-refractivity contribution is -0.153. The summed E-state index contributed by atoms with van der Waals surface area (Å²) in [5, 5.41) is 49.2. The van der Waals surface area contributed by atoms with Gasteiger partial charge in [0.15, 0.2) is 17.2 Å². The van der Waals surface area contributed by atoms with Crippen molar-refractivity contribution in [1.29, 1.82) is 0 Å². The Bertz CT molecular complexity index is 1890. The highest BCUT2D eigenvalue weighted by atomic mass is 16.3. The number of fused-ring (bicyclic) bond motifs is 3. The molecule has 264 valence electrons. The van der Waals surface area contributed by atoms with Crippen molar-refractivity contribution in [2.45, 2.75) is 43.4 Å². The van der Waals surface area contributed by atoms with E-state index in [0.29, 0.717) is 36.2 Å². The third-order valence-electron chi connectivity index (χ3n) is 10.5. The number of nitrogens with two attached hydrogens (primary N) is 1. The van der Waals surface area contributed by atoms with Crippen LogP contribution < -0.4 is 16.0 Å². The Hall–Kier alpha value is -5.05. The van der Waals surface area contributed by atoms with Gasteiger partial charge in [0.05, 0.1) is 29.9 Å². The normalized spacial score (nSPS) is 26.4. The lowest BCUT2D eigenvalue weighted by atomic mass is 9.57. The van der Waals surface area contributed by atoms with E-state index in [1.54, 1.807) is 54.2 Å². The monoisotopic (exact) mass is 687 g/mol. The predicted molar refractivity (Wildman–Crippen MR) is 183 cm³/mol. The first-order valence-electron chi connectivity index (χ1n) is 16.4. The number of Topliss-reactive ketones (excluding diaryl/α,β-unsaturated/α-hetero) is 3. The predicted octanol–water partition coefficient (Wildman–Crippen LogP) is 1.32. The number of benzene rings is 2. The molecule has 1 heterocycles. The molecule has 14 nitrogen and oxygen atoms in total. The summed E-state index contributed by atoms with van der Waals surface area (Å²) in [6.45, 7) is 0.551. The van der Waals surface area contributed by atoms with Crippen LogP contribution in [0.2, 0.25) is 0 Å². The second-order valence-corrected chi connectivity index (χ2v) is 13.9. The summed E-state index contributed by atoms with van der Waals surface area (Å²) in [5.74, 6) is -8.14. The number of carbonyl (C=O) groups is 5. The van der Waals surface area contributed by atoms with E-state index in [4.69, 9.17) is 5.73 Å². The Morgan fingerprint density at radius 2 is 1.74 bits per heavy atom. The molecular weight excluding hydrogens is 646 g/mol. The number of nitrogens with zero attached hydrogens (tertiary/aromatic N) is 3. The molecule has 14 heteroatoms. The van der Waals surface area contributed by atoms with Gasteiger partial charge in [-0.25, -0.2) is 0 Å². The number of hydrogen-bond donors (Lipinski definition) is 6. The molecule has 0 radical (unpaired) electrons. The summed E-state index contributed by atoms with van der Waals surface area (Å²) < 4.78 is 0. The number of amides is 2. The Morgan fingerprint density at radius 3 is 2.36 bits per heavy atom. The highest BCUT2D eigenvalue weighted by Crippen LogP contribution is 2.54. The standard InChI is InChI=1S/C36H41N5O9/c1-39(2)23-15-21(38-35(49)22-11-8-12-41(22)16-24(42)17-9-6-5-7-10-17)29(43)26-19(23)13-18-14-20-28(40(3)4)31(45)27(34(37)48)33(47)36(20,50)32(46)25(18)30(26)44/h5-7,9-10,15,18,20,22,28,43-44,47,50H,8,11-14,16H2,1-4H3,(H2,37,48)(H,38,49)/t18-,20-,22-,28-,36-/m0/s1. The van der Waals surface area contributed by atoms with E-state index in [9.17, 15) is 44.4 Å². The number of phenols is 1. The van der Waals surface area contributed by atoms with E-state index < -0.39 is 75.7 Å². The van der Waals surface area contributed by atoms with Crippen molar-refractivity contribution >= 4 is 46.3 Å². The molecule has 50 heavy (non-hydrogen) atoms. The van der Waals surface area contributed by atoms with Crippen molar-refractivity contribution < 1.29 is 44.4 Å². The second-order valence-electron chi connectivity index (χ2n) is 13.9. The number of rotatable bonds is 8. The van der Waals surface area contributed by atoms with Gasteiger partial charge in [0.25, 0.3) is 5.91 Å². The number of aliphatic hydroxyl groups excluding tert-OH is 2. The average molecular weight is 688 g/mol. The molecule has 0 unspecified atom stereocenters. The summed E-state index contributed by atoms with van der Waals surface area (Å²) in [7, 11) is 6.56. The van der Waals surface area contributed by atoms with E-state index in [-0.39, 0.29) is 42.0 Å². The molecule has 2 amide bonds. The quantitative estimate of drug-likeness (QED) is 0.132. The Balaban J connectivity index is 1.38. The molecule has 0 spiro atoms. The van der Waals surface area contributed by atoms with Crippen LogP contribution in [0.1, 0.15) is 40.7 Å². The fourth-order valence-corrected chi connectivity index (χ4v) is 8.21. The maximum atomic E-state index is 14.2. The van der Waals surface area contributed by atoms with Gasteiger partial charge in [0.2, 0.25) is 11.7 Å². The van der Waals surface area contributed by atoms with Gasteiger partial charge >= 0.3 is 0 Å². The van der Waals surface area contributed by atoms with E-state index in [1.165, 1.54) is 19.0 Å². The molecule has 1 saturated heterocycles. The molecule has 7 N–H and O–H groups in total. The van der Waals surface area contributed by atoms with Gasteiger partial charge in [-0.15, -0.1) is 0 Å². The number of likely N-dealkylation sites (N-methyl/N-ethyl adjacent to an activating group) is 1. The summed E-state index contributed by atoms with van der Waals surface area (Å²) in [5.41, 5.74) is 2.81. The first-order valence-corrected chi connectivity index (χ1v) is 16.4. The zero-order valence-corrected chi connectivity index (χ0v) is 28.3. The maximum Gasteiger partial charge on any atom is 0.255 e. The van der Waals surface area contributed by atoms with Crippen LogP contribution in [-0.2, 0) is 25.6 Å². The number of anilines is 2. The largest absolute Gasteiger partial charge is 0.508 e. The van der Waals surface area contributed by atoms with Gasteiger partial charge < -0.3 is 36.4 Å². The number of likely N-dealkylation sites (tertiary alicyclic amines) is 1. The molecule has 1 saturated carbocycles. The molecule has 5 atom stereocenters. The van der Waals surface area contributed by atoms with Gasteiger partial charge in [0.1, 0.15) is 22.8 Å². The van der Waals surface area contributed by atoms with Crippen LogP contribution in [0.15, 0.2) is 53.3 Å². The SMILES string of the molecule is CN(C)c1cc(NC(=O)[C@@H]2CCCN2CC(=O)c2ccccc2)c(O)c2c1C[C@H]1C[C@H]3[C@H](N(C)C)C(=O)C(C(N)=O)=C(O)[C@@]3(O)C(=O)C1=C2O. The van der Waals surface area contributed by atoms with Crippen molar-refractivity contribution in [3.63, 3.8) is 0 Å². The summed E-state index contributed by atoms with van der Waals surface area (Å²) >= 11 is 0. The molecule has 0 bridgehead atoms. The summed E-state index contributed by atoms with van der Waals surface area (Å²) in [6, 6.07) is 8.48. The molecule has 2 fully saturated rings. The van der Waals surface area contributed by atoms with Crippen LogP contribution in [0.25, 0.3) is 5.76 Å². The molecule has 2 aromatic carbocycles. The molecule has 4 aliphatic rings. The number of aliphatic hydroxyl groups is 3. The van der Waals surface area contributed by atoms with E-state index >= 15 is 0 Å². The number of ketones is 3. The zero-order valence-electron chi connectivity index (χ0n) is 28.3. The van der Waals surface area contributed by atoms with E-state index in [0.717, 1.165) is 0 Å². The number of nitrogens with one attached hydrogen (secondary N) is 1. The molecular formula is C36H41N5O9. The lowest BCUT2D eigenvalue weighted by Gasteiger charge is -2.50. The number of carbonyl (C=O) groups excluding carboxylic acids is 5. The van der Waals surface area contributed by atoms with Crippen molar-refractivity contribution in [2.24, 2.45) is 17.6 Å². The smallest absolute Gasteiger partial charge is 0.255 e. The van der Waals surface area contributed by atoms with Gasteiger partial charge in [-0.2, -0.15) is 0 Å². The zero-order chi connectivity index (χ0) is 36.4. The van der Waals surface area contributed by atoms with Gasteiger partial charge in [-0.3, -0.25) is 33.8 Å². The molecule has 0 aromatic heterocycles. The minimum atomic E-state index is -2.76. The number of hydrogen-bond acceptors (Lipinski definition) is 12. The van der Waals surface area contributed by atoms with Crippen molar-refractivity contribution in [3.05, 3.63) is 70.0 Å². The van der Waals surface area contributed by atoms with Crippen molar-refractivity contribution in [3.8, 4) is 5.75 Å². The fourth-order valence-electron chi connectivity index (χ4n) is 8.21. The third kappa shape index (κ3) is 5.34. The topological polar surface area (TPSA) is 214 Å². The Morgan fingerprint density at radius 1 is 1.06 bits per heavy atom. The minimum Gasteiger partial charge on any atom is -0.508 e. The fraction of sp³-hybridized carbons (Fsp3) is 0.417. The highest BCUT2D eigenvalue weighted by Gasteiger charge is 2.64. The Labute approximate surface area is 288 Å². The molecule has 1 aliphatic heterocycles. The number of aromatic hydroxyl groups is 1. The van der Waals surface area contributed by atoms with E-state index in [2.05, 4.69) is 5.32 Å². The Kier molecular flexibility index (Phi) is 8.83. The van der Waals surface area contributed by atoms with Crippen molar-refractivity contribution in [1.82, 2.24) is 9.80 Å². The van der Waals surface area contributed by atoms with Crippen molar-refractivity contribution in [2.75, 3.05) is 51.5 Å². The van der Waals surface area contributed by atoms with Crippen LogP contribution >= 0.6 is 0 Å². The van der Waals surface area contributed by atoms with Gasteiger partial charge in [-0.1, -0.05) is 30.3 Å².